The SMILES string of the molecule is Cc1cc(OC(=O)N2CCCCC2)ccc1[N+](=O)[O-]. The number of carbonyl (C=O) groups excluding carboxylic acids is 1. The first kappa shape index (κ1) is 13.3. The van der Waals surface area contributed by atoms with Gasteiger partial charge < -0.3 is 9.64 Å². The van der Waals surface area contributed by atoms with Crippen molar-refractivity contribution in [3.8, 4) is 5.75 Å². The number of likely N-dealkylation sites (tertiary alicyclic amines) is 1. The molecular formula is C13H16N2O4. The zero-order valence-corrected chi connectivity index (χ0v) is 10.8. The van der Waals surface area contributed by atoms with Crippen LogP contribution >= 0.6 is 0 Å². The monoisotopic (exact) mass is 264 g/mol. The minimum atomic E-state index is -0.453. The summed E-state index contributed by atoms with van der Waals surface area (Å²) >= 11 is 0. The van der Waals surface area contributed by atoms with Crippen molar-refractivity contribution in [2.24, 2.45) is 0 Å². The first-order valence-corrected chi connectivity index (χ1v) is 6.30. The molecule has 102 valence electrons. The Morgan fingerprint density at radius 1 is 1.32 bits per heavy atom. The molecule has 1 aromatic rings. The topological polar surface area (TPSA) is 72.7 Å². The second-order valence-electron chi connectivity index (χ2n) is 4.62. The van der Waals surface area contributed by atoms with Crippen molar-refractivity contribution in [3.63, 3.8) is 0 Å². The Bertz CT molecular complexity index is 495. The van der Waals surface area contributed by atoms with Crippen LogP contribution in [-0.2, 0) is 0 Å². The molecule has 19 heavy (non-hydrogen) atoms. The Morgan fingerprint density at radius 2 is 2.00 bits per heavy atom. The van der Waals surface area contributed by atoms with Crippen molar-refractivity contribution in [2.45, 2.75) is 26.2 Å². The number of carbonyl (C=O) groups is 1. The summed E-state index contributed by atoms with van der Waals surface area (Å²) in [5, 5.41) is 10.7. The van der Waals surface area contributed by atoms with Gasteiger partial charge in [-0.05, 0) is 38.3 Å². The number of ether oxygens (including phenoxy) is 1. The van der Waals surface area contributed by atoms with Gasteiger partial charge >= 0.3 is 6.09 Å². The largest absolute Gasteiger partial charge is 0.415 e. The highest BCUT2D eigenvalue weighted by Crippen LogP contribution is 2.23. The van der Waals surface area contributed by atoms with Crippen LogP contribution in [-0.4, -0.2) is 29.0 Å². The molecule has 2 rings (SSSR count). The third-order valence-electron chi connectivity index (χ3n) is 3.18. The van der Waals surface area contributed by atoms with E-state index in [1.54, 1.807) is 11.8 Å². The Balaban J connectivity index is 2.04. The number of benzene rings is 1. The first-order valence-electron chi connectivity index (χ1n) is 6.30. The third-order valence-corrected chi connectivity index (χ3v) is 3.18. The molecule has 0 bridgehead atoms. The van der Waals surface area contributed by atoms with Gasteiger partial charge in [0.15, 0.2) is 0 Å². The molecule has 6 nitrogen and oxygen atoms in total. The maximum atomic E-state index is 11.9. The van der Waals surface area contributed by atoms with E-state index in [0.29, 0.717) is 24.4 Å². The Kier molecular flexibility index (Phi) is 3.99. The van der Waals surface area contributed by atoms with Gasteiger partial charge in [0.05, 0.1) is 4.92 Å². The summed E-state index contributed by atoms with van der Waals surface area (Å²) in [4.78, 5) is 23.8. The second-order valence-corrected chi connectivity index (χ2v) is 4.62. The average Bonchev–Trinajstić information content (AvgIpc) is 2.39. The molecule has 0 spiro atoms. The van der Waals surface area contributed by atoms with Gasteiger partial charge in [-0.3, -0.25) is 10.1 Å². The molecule has 1 aliphatic heterocycles. The summed E-state index contributed by atoms with van der Waals surface area (Å²) in [5.74, 6) is 0.346. The van der Waals surface area contributed by atoms with Crippen molar-refractivity contribution in [1.82, 2.24) is 4.90 Å². The van der Waals surface area contributed by atoms with Gasteiger partial charge in [-0.25, -0.2) is 4.79 Å². The van der Waals surface area contributed by atoms with E-state index in [1.165, 1.54) is 18.2 Å². The Morgan fingerprint density at radius 3 is 2.58 bits per heavy atom. The maximum Gasteiger partial charge on any atom is 0.415 e. The van der Waals surface area contributed by atoms with E-state index >= 15 is 0 Å². The fourth-order valence-corrected chi connectivity index (χ4v) is 2.14. The fourth-order valence-electron chi connectivity index (χ4n) is 2.14. The fraction of sp³-hybridized carbons (Fsp3) is 0.462. The van der Waals surface area contributed by atoms with Crippen molar-refractivity contribution in [3.05, 3.63) is 33.9 Å². The molecule has 0 unspecified atom stereocenters. The van der Waals surface area contributed by atoms with Gasteiger partial charge in [-0.1, -0.05) is 0 Å². The molecule has 0 aliphatic carbocycles. The molecule has 1 aromatic carbocycles. The van der Waals surface area contributed by atoms with E-state index in [-0.39, 0.29) is 11.8 Å². The Hall–Kier alpha value is -2.11. The minimum Gasteiger partial charge on any atom is -0.410 e. The smallest absolute Gasteiger partial charge is 0.410 e. The predicted molar refractivity (Wildman–Crippen MR) is 69.3 cm³/mol. The number of hydrogen-bond acceptors (Lipinski definition) is 4. The summed E-state index contributed by atoms with van der Waals surface area (Å²) in [7, 11) is 0. The first-order chi connectivity index (χ1) is 9.08. The number of hydrogen-bond donors (Lipinski definition) is 0. The summed E-state index contributed by atoms with van der Waals surface area (Å²) < 4.78 is 5.23. The third kappa shape index (κ3) is 3.21. The Labute approximate surface area is 111 Å². The second kappa shape index (κ2) is 5.69. The van der Waals surface area contributed by atoms with Crippen LogP contribution in [0.2, 0.25) is 0 Å². The molecule has 6 heteroatoms. The lowest BCUT2D eigenvalue weighted by molar-refractivity contribution is -0.385. The highest BCUT2D eigenvalue weighted by molar-refractivity contribution is 5.71. The van der Waals surface area contributed by atoms with Crippen LogP contribution in [0.3, 0.4) is 0 Å². The highest BCUT2D eigenvalue weighted by Gasteiger charge is 2.19. The summed E-state index contributed by atoms with van der Waals surface area (Å²) in [6.45, 7) is 3.05. The van der Waals surface area contributed by atoms with Gasteiger partial charge in [0.2, 0.25) is 0 Å². The zero-order chi connectivity index (χ0) is 13.8. The van der Waals surface area contributed by atoms with E-state index in [2.05, 4.69) is 0 Å². The van der Waals surface area contributed by atoms with Crippen LogP contribution in [0.25, 0.3) is 0 Å². The molecule has 0 aromatic heterocycles. The van der Waals surface area contributed by atoms with Crippen LogP contribution in [0, 0.1) is 17.0 Å². The normalized spacial score (nSPS) is 15.1. The lowest BCUT2D eigenvalue weighted by atomic mass is 10.1. The minimum absolute atomic E-state index is 0.0257. The van der Waals surface area contributed by atoms with Crippen LogP contribution in [0.15, 0.2) is 18.2 Å². The number of aryl methyl sites for hydroxylation is 1. The number of rotatable bonds is 2. The quantitative estimate of drug-likeness (QED) is 0.608. The van der Waals surface area contributed by atoms with E-state index in [9.17, 15) is 14.9 Å². The molecule has 0 saturated carbocycles. The summed E-state index contributed by atoms with van der Waals surface area (Å²) in [6.07, 6.45) is 2.75. The van der Waals surface area contributed by atoms with Gasteiger partial charge in [0, 0.05) is 24.7 Å². The molecule has 1 fully saturated rings. The van der Waals surface area contributed by atoms with Crippen LogP contribution in [0.1, 0.15) is 24.8 Å². The van der Waals surface area contributed by atoms with Crippen molar-refractivity contribution in [1.29, 1.82) is 0 Å². The molecule has 1 heterocycles. The van der Waals surface area contributed by atoms with Crippen molar-refractivity contribution < 1.29 is 14.5 Å². The maximum absolute atomic E-state index is 11.9. The predicted octanol–water partition coefficient (Wildman–Crippen LogP) is 2.89. The van der Waals surface area contributed by atoms with Gasteiger partial charge in [0.25, 0.3) is 5.69 Å². The number of amides is 1. The molecule has 1 aliphatic rings. The number of nitro groups is 1. The summed E-state index contributed by atoms with van der Waals surface area (Å²) in [6, 6.07) is 4.32. The van der Waals surface area contributed by atoms with Gasteiger partial charge in [-0.2, -0.15) is 0 Å². The van der Waals surface area contributed by atoms with Crippen molar-refractivity contribution >= 4 is 11.8 Å². The lowest BCUT2D eigenvalue weighted by Gasteiger charge is -2.25. The number of piperidine rings is 1. The molecule has 0 radical (unpaired) electrons. The number of nitro benzene ring substituents is 1. The van der Waals surface area contributed by atoms with E-state index in [1.807, 2.05) is 0 Å². The van der Waals surface area contributed by atoms with Gasteiger partial charge in [0.1, 0.15) is 5.75 Å². The average molecular weight is 264 g/mol. The van der Waals surface area contributed by atoms with E-state index in [0.717, 1.165) is 19.3 Å². The lowest BCUT2D eigenvalue weighted by Crippen LogP contribution is -2.37. The molecule has 1 saturated heterocycles. The molecule has 0 N–H and O–H groups in total. The van der Waals surface area contributed by atoms with Crippen molar-refractivity contribution in [2.75, 3.05) is 13.1 Å². The van der Waals surface area contributed by atoms with Crippen LogP contribution in [0.4, 0.5) is 10.5 Å². The van der Waals surface area contributed by atoms with E-state index in [4.69, 9.17) is 4.74 Å². The number of nitrogens with zero attached hydrogens (tertiary/aromatic N) is 2. The zero-order valence-electron chi connectivity index (χ0n) is 10.8. The van der Waals surface area contributed by atoms with Gasteiger partial charge in [-0.15, -0.1) is 0 Å². The van der Waals surface area contributed by atoms with Crippen LogP contribution in [0.5, 0.6) is 5.75 Å². The molecule has 1 amide bonds. The van der Waals surface area contributed by atoms with Crippen LogP contribution < -0.4 is 4.74 Å². The molecule has 0 atom stereocenters. The van der Waals surface area contributed by atoms with E-state index < -0.39 is 4.92 Å². The summed E-state index contributed by atoms with van der Waals surface area (Å²) in [5.41, 5.74) is 0.506. The molecular weight excluding hydrogens is 248 g/mol. The standard InChI is InChI=1S/C13H16N2O4/c1-10-9-11(5-6-12(10)15(17)18)19-13(16)14-7-3-2-4-8-14/h5-6,9H,2-4,7-8H2,1H3. The highest BCUT2D eigenvalue weighted by atomic mass is 16.6.